The highest BCUT2D eigenvalue weighted by molar-refractivity contribution is 5.79. The number of benzene rings is 1. The van der Waals surface area contributed by atoms with Gasteiger partial charge in [0.05, 0.1) is 13.7 Å². The first kappa shape index (κ1) is 14.6. The number of hydrogen-bond donors (Lipinski definition) is 0. The Kier molecular flexibility index (Phi) is 6.35. The molecule has 0 aliphatic carbocycles. The summed E-state index contributed by atoms with van der Waals surface area (Å²) in [6.45, 7) is 2.19. The normalized spacial score (nSPS) is 12.2. The smallest absolute Gasteiger partial charge is 0.274 e. The highest BCUT2D eigenvalue weighted by atomic mass is 16.7. The Morgan fingerprint density at radius 1 is 1.33 bits per heavy atom. The Balaban J connectivity index is 2.20. The number of likely N-dealkylation sites (N-methyl/N-ethyl adjacent to an activating group) is 1. The summed E-state index contributed by atoms with van der Waals surface area (Å²) in [5.74, 6) is -0.249. The number of hydroxylamine groups is 2. The lowest BCUT2D eigenvalue weighted by Gasteiger charge is -2.18. The average molecular weight is 253 g/mol. The first-order valence-electron chi connectivity index (χ1n) is 5.70. The van der Waals surface area contributed by atoms with Gasteiger partial charge in [-0.3, -0.25) is 9.63 Å². The van der Waals surface area contributed by atoms with Crippen LogP contribution in [0.3, 0.4) is 0 Å². The molecule has 0 N–H and O–H groups in total. The van der Waals surface area contributed by atoms with Crippen LogP contribution in [0, 0.1) is 0 Å². The van der Waals surface area contributed by atoms with Crippen molar-refractivity contribution in [3.05, 3.63) is 35.9 Å². The SMILES string of the molecule is CON(C)C(=O)C(C)OCOCc1ccccc1. The van der Waals surface area contributed by atoms with Crippen molar-refractivity contribution in [1.29, 1.82) is 0 Å². The molecule has 1 rings (SSSR count). The second-order valence-corrected chi connectivity index (χ2v) is 3.78. The molecule has 5 heteroatoms. The molecule has 1 atom stereocenters. The van der Waals surface area contributed by atoms with E-state index in [0.29, 0.717) is 6.61 Å². The summed E-state index contributed by atoms with van der Waals surface area (Å²) in [4.78, 5) is 16.3. The van der Waals surface area contributed by atoms with Gasteiger partial charge in [-0.15, -0.1) is 0 Å². The highest BCUT2D eigenvalue weighted by Crippen LogP contribution is 2.02. The van der Waals surface area contributed by atoms with Crippen LogP contribution in [0.25, 0.3) is 0 Å². The Morgan fingerprint density at radius 2 is 2.00 bits per heavy atom. The van der Waals surface area contributed by atoms with Gasteiger partial charge in [-0.25, -0.2) is 5.06 Å². The quantitative estimate of drug-likeness (QED) is 0.420. The summed E-state index contributed by atoms with van der Waals surface area (Å²) in [5.41, 5.74) is 1.06. The lowest BCUT2D eigenvalue weighted by Crippen LogP contribution is -2.35. The predicted octanol–water partition coefficient (Wildman–Crippen LogP) is 1.59. The Labute approximate surface area is 107 Å². The van der Waals surface area contributed by atoms with Crippen LogP contribution in [0.1, 0.15) is 12.5 Å². The van der Waals surface area contributed by atoms with E-state index in [4.69, 9.17) is 14.3 Å². The van der Waals surface area contributed by atoms with E-state index >= 15 is 0 Å². The van der Waals surface area contributed by atoms with Crippen molar-refractivity contribution in [2.24, 2.45) is 0 Å². The molecule has 5 nitrogen and oxygen atoms in total. The summed E-state index contributed by atoms with van der Waals surface area (Å²) in [7, 11) is 2.96. The average Bonchev–Trinajstić information content (AvgIpc) is 2.42. The fourth-order valence-corrected chi connectivity index (χ4v) is 1.30. The first-order valence-corrected chi connectivity index (χ1v) is 5.70. The predicted molar refractivity (Wildman–Crippen MR) is 66.4 cm³/mol. The lowest BCUT2D eigenvalue weighted by molar-refractivity contribution is -0.187. The van der Waals surface area contributed by atoms with Gasteiger partial charge in [-0.2, -0.15) is 0 Å². The van der Waals surface area contributed by atoms with Gasteiger partial charge >= 0.3 is 0 Å². The second-order valence-electron chi connectivity index (χ2n) is 3.78. The minimum Gasteiger partial charge on any atom is -0.351 e. The zero-order valence-corrected chi connectivity index (χ0v) is 11.0. The summed E-state index contributed by atoms with van der Waals surface area (Å²) in [5, 5.41) is 1.13. The molecule has 0 aromatic heterocycles. The van der Waals surface area contributed by atoms with E-state index in [9.17, 15) is 4.79 Å². The number of rotatable bonds is 7. The molecule has 0 fully saturated rings. The van der Waals surface area contributed by atoms with E-state index < -0.39 is 6.10 Å². The van der Waals surface area contributed by atoms with Crippen molar-refractivity contribution in [3.63, 3.8) is 0 Å². The van der Waals surface area contributed by atoms with Crippen molar-refractivity contribution in [2.45, 2.75) is 19.6 Å². The molecule has 0 heterocycles. The molecule has 0 radical (unpaired) electrons. The molecule has 100 valence electrons. The summed E-state index contributed by atoms with van der Waals surface area (Å²) in [6.07, 6.45) is -0.592. The Morgan fingerprint density at radius 3 is 2.61 bits per heavy atom. The van der Waals surface area contributed by atoms with E-state index in [0.717, 1.165) is 10.6 Å². The number of carbonyl (C=O) groups excluding carboxylic acids is 1. The third kappa shape index (κ3) is 4.83. The zero-order valence-electron chi connectivity index (χ0n) is 11.0. The maximum Gasteiger partial charge on any atom is 0.274 e. The summed E-state index contributed by atoms with van der Waals surface area (Å²) in [6, 6.07) is 9.76. The molecule has 18 heavy (non-hydrogen) atoms. The summed E-state index contributed by atoms with van der Waals surface area (Å²) < 4.78 is 10.6. The van der Waals surface area contributed by atoms with Crippen LogP contribution >= 0.6 is 0 Å². The molecule has 0 spiro atoms. The van der Waals surface area contributed by atoms with E-state index in [1.54, 1.807) is 6.92 Å². The molecule has 0 aliphatic heterocycles. The van der Waals surface area contributed by atoms with Gasteiger partial charge < -0.3 is 9.47 Å². The van der Waals surface area contributed by atoms with Crippen LogP contribution in [0.4, 0.5) is 0 Å². The molecule has 0 bridgehead atoms. The van der Waals surface area contributed by atoms with Crippen LogP contribution in [0.15, 0.2) is 30.3 Å². The van der Waals surface area contributed by atoms with Crippen molar-refractivity contribution >= 4 is 5.91 Å². The molecular weight excluding hydrogens is 234 g/mol. The number of nitrogens with zero attached hydrogens (tertiary/aromatic N) is 1. The zero-order chi connectivity index (χ0) is 13.4. The van der Waals surface area contributed by atoms with Gasteiger partial charge in [-0.1, -0.05) is 30.3 Å². The largest absolute Gasteiger partial charge is 0.351 e. The molecule has 1 aromatic carbocycles. The monoisotopic (exact) mass is 253 g/mol. The fourth-order valence-electron chi connectivity index (χ4n) is 1.30. The van der Waals surface area contributed by atoms with Crippen molar-refractivity contribution in [3.8, 4) is 0 Å². The minimum atomic E-state index is -0.592. The van der Waals surface area contributed by atoms with E-state index in [-0.39, 0.29) is 12.7 Å². The molecule has 1 unspecified atom stereocenters. The molecular formula is C13H19NO4. The number of carbonyl (C=O) groups is 1. The standard InChI is InChI=1S/C13H19NO4/c1-11(13(15)14(2)16-3)18-10-17-9-12-7-5-4-6-8-12/h4-8,11H,9-10H2,1-3H3. The van der Waals surface area contributed by atoms with E-state index in [1.807, 2.05) is 30.3 Å². The Bertz CT molecular complexity index is 355. The van der Waals surface area contributed by atoms with Gasteiger partial charge in [0.2, 0.25) is 0 Å². The number of amides is 1. The van der Waals surface area contributed by atoms with Crippen LogP contribution < -0.4 is 0 Å². The second kappa shape index (κ2) is 7.81. The minimum absolute atomic E-state index is 0.0688. The third-order valence-electron chi connectivity index (χ3n) is 2.44. The van der Waals surface area contributed by atoms with Crippen LogP contribution in [0.5, 0.6) is 0 Å². The Hall–Kier alpha value is -1.43. The maximum atomic E-state index is 11.6. The van der Waals surface area contributed by atoms with Crippen molar-refractivity contribution in [1.82, 2.24) is 5.06 Å². The van der Waals surface area contributed by atoms with Gasteiger partial charge in [0, 0.05) is 7.05 Å². The van der Waals surface area contributed by atoms with Gasteiger partial charge in [0.1, 0.15) is 12.9 Å². The number of hydrogen-bond acceptors (Lipinski definition) is 4. The van der Waals surface area contributed by atoms with Crippen molar-refractivity contribution < 1.29 is 19.1 Å². The topological polar surface area (TPSA) is 48.0 Å². The van der Waals surface area contributed by atoms with Gasteiger partial charge in [0.25, 0.3) is 5.91 Å². The van der Waals surface area contributed by atoms with Crippen LogP contribution in [-0.4, -0.2) is 38.0 Å². The summed E-state index contributed by atoms with van der Waals surface area (Å²) >= 11 is 0. The van der Waals surface area contributed by atoms with Gasteiger partial charge in [0.15, 0.2) is 0 Å². The molecule has 0 saturated carbocycles. The first-order chi connectivity index (χ1) is 8.65. The highest BCUT2D eigenvalue weighted by Gasteiger charge is 2.17. The third-order valence-corrected chi connectivity index (χ3v) is 2.44. The fraction of sp³-hybridized carbons (Fsp3) is 0.462. The van der Waals surface area contributed by atoms with Crippen LogP contribution in [0.2, 0.25) is 0 Å². The van der Waals surface area contributed by atoms with Crippen molar-refractivity contribution in [2.75, 3.05) is 21.0 Å². The van der Waals surface area contributed by atoms with Crippen LogP contribution in [-0.2, 0) is 25.7 Å². The maximum absolute atomic E-state index is 11.6. The molecule has 1 aromatic rings. The lowest BCUT2D eigenvalue weighted by atomic mass is 10.2. The number of ether oxygens (including phenoxy) is 2. The molecule has 1 amide bonds. The molecule has 0 saturated heterocycles. The van der Waals surface area contributed by atoms with E-state index in [2.05, 4.69) is 0 Å². The molecule has 0 aliphatic rings. The van der Waals surface area contributed by atoms with E-state index in [1.165, 1.54) is 14.2 Å². The van der Waals surface area contributed by atoms with Gasteiger partial charge in [-0.05, 0) is 12.5 Å².